The monoisotopic (exact) mass is 350 g/mol. The number of anilines is 1. The summed E-state index contributed by atoms with van der Waals surface area (Å²) in [5.41, 5.74) is -0.348. The Balaban J connectivity index is 2.33. The third-order valence-electron chi connectivity index (χ3n) is 3.74. The molecule has 25 heavy (non-hydrogen) atoms. The Bertz CT molecular complexity index is 798. The molecule has 0 saturated carbocycles. The summed E-state index contributed by atoms with van der Waals surface area (Å²) in [5.74, 6) is 1.18. The third kappa shape index (κ3) is 4.15. The van der Waals surface area contributed by atoms with E-state index in [2.05, 4.69) is 5.32 Å². The first kappa shape index (κ1) is 18.5. The van der Waals surface area contributed by atoms with Crippen LogP contribution in [0.2, 0.25) is 0 Å². The molecule has 0 amide bonds. The van der Waals surface area contributed by atoms with Gasteiger partial charge in [0.2, 0.25) is 0 Å². The quantitative estimate of drug-likeness (QED) is 0.844. The van der Waals surface area contributed by atoms with E-state index in [0.717, 1.165) is 17.7 Å². The molecular formula is C18H17F3N2O2. The molecule has 0 bridgehead atoms. The van der Waals surface area contributed by atoms with Crippen LogP contribution in [0, 0.1) is 11.3 Å². The van der Waals surface area contributed by atoms with E-state index in [0.29, 0.717) is 11.5 Å². The third-order valence-corrected chi connectivity index (χ3v) is 3.74. The van der Waals surface area contributed by atoms with Gasteiger partial charge in [0.25, 0.3) is 0 Å². The Morgan fingerprint density at radius 1 is 1.08 bits per heavy atom. The number of nitrogens with one attached hydrogen (secondary N) is 1. The highest BCUT2D eigenvalue weighted by Crippen LogP contribution is 2.35. The van der Waals surface area contributed by atoms with Crippen molar-refractivity contribution in [1.29, 1.82) is 5.26 Å². The Hall–Kier alpha value is -2.88. The van der Waals surface area contributed by atoms with Gasteiger partial charge in [0.05, 0.1) is 37.5 Å². The van der Waals surface area contributed by atoms with Crippen LogP contribution in [0.3, 0.4) is 0 Å². The molecule has 4 nitrogen and oxygen atoms in total. The minimum Gasteiger partial charge on any atom is -0.497 e. The molecule has 0 aromatic heterocycles. The van der Waals surface area contributed by atoms with Gasteiger partial charge in [-0.3, -0.25) is 0 Å². The van der Waals surface area contributed by atoms with Gasteiger partial charge < -0.3 is 14.8 Å². The van der Waals surface area contributed by atoms with E-state index in [1.54, 1.807) is 31.2 Å². The highest BCUT2D eigenvalue weighted by Gasteiger charge is 2.34. The van der Waals surface area contributed by atoms with Gasteiger partial charge in [-0.2, -0.15) is 18.4 Å². The SMILES string of the molecule is COc1ccc(C(C)Nc2ccc(C#N)c(C(F)(F)F)c2)c(OC)c1. The lowest BCUT2D eigenvalue weighted by Gasteiger charge is -2.20. The maximum absolute atomic E-state index is 13.1. The van der Waals surface area contributed by atoms with Crippen molar-refractivity contribution in [3.8, 4) is 17.6 Å². The largest absolute Gasteiger partial charge is 0.497 e. The van der Waals surface area contributed by atoms with Crippen molar-refractivity contribution in [3.05, 3.63) is 53.1 Å². The lowest BCUT2D eigenvalue weighted by molar-refractivity contribution is -0.137. The van der Waals surface area contributed by atoms with Gasteiger partial charge in [-0.25, -0.2) is 0 Å². The highest BCUT2D eigenvalue weighted by molar-refractivity contribution is 5.55. The molecule has 1 atom stereocenters. The van der Waals surface area contributed by atoms with E-state index < -0.39 is 17.3 Å². The zero-order valence-electron chi connectivity index (χ0n) is 13.9. The molecule has 2 rings (SSSR count). The Morgan fingerprint density at radius 2 is 1.80 bits per heavy atom. The molecule has 132 valence electrons. The molecule has 2 aromatic rings. The van der Waals surface area contributed by atoms with Crippen molar-refractivity contribution in [1.82, 2.24) is 0 Å². The summed E-state index contributed by atoms with van der Waals surface area (Å²) in [6, 6.07) is 10.0. The lowest BCUT2D eigenvalue weighted by atomic mass is 10.0. The second-order valence-corrected chi connectivity index (χ2v) is 5.34. The van der Waals surface area contributed by atoms with E-state index in [9.17, 15) is 13.2 Å². The maximum atomic E-state index is 13.1. The normalized spacial score (nSPS) is 12.2. The first-order valence-corrected chi connectivity index (χ1v) is 7.40. The minimum absolute atomic E-state index is 0.261. The number of halogens is 3. The summed E-state index contributed by atoms with van der Waals surface area (Å²) in [4.78, 5) is 0. The topological polar surface area (TPSA) is 54.3 Å². The minimum atomic E-state index is -4.59. The van der Waals surface area contributed by atoms with E-state index in [4.69, 9.17) is 14.7 Å². The zero-order valence-corrected chi connectivity index (χ0v) is 13.9. The van der Waals surface area contributed by atoms with Gasteiger partial charge in [-0.1, -0.05) is 0 Å². The Morgan fingerprint density at radius 3 is 2.36 bits per heavy atom. The molecule has 0 aliphatic heterocycles. The number of ether oxygens (including phenoxy) is 2. The van der Waals surface area contributed by atoms with Gasteiger partial charge in [0.1, 0.15) is 11.5 Å². The van der Waals surface area contributed by atoms with Crippen molar-refractivity contribution >= 4 is 5.69 Å². The van der Waals surface area contributed by atoms with Crippen LogP contribution < -0.4 is 14.8 Å². The Labute approximate surface area is 143 Å². The number of hydrogen-bond donors (Lipinski definition) is 1. The smallest absolute Gasteiger partial charge is 0.417 e. The average Bonchev–Trinajstić information content (AvgIpc) is 2.60. The summed E-state index contributed by atoms with van der Waals surface area (Å²) < 4.78 is 49.6. The van der Waals surface area contributed by atoms with E-state index in [1.165, 1.54) is 20.3 Å². The molecule has 0 spiro atoms. The van der Waals surface area contributed by atoms with Crippen molar-refractivity contribution in [2.45, 2.75) is 19.1 Å². The Kier molecular flexibility index (Phi) is 5.42. The van der Waals surface area contributed by atoms with Crippen molar-refractivity contribution in [2.75, 3.05) is 19.5 Å². The number of benzene rings is 2. The second kappa shape index (κ2) is 7.34. The van der Waals surface area contributed by atoms with Crippen molar-refractivity contribution < 1.29 is 22.6 Å². The lowest BCUT2D eigenvalue weighted by Crippen LogP contribution is -2.12. The van der Waals surface area contributed by atoms with Crippen molar-refractivity contribution in [3.63, 3.8) is 0 Å². The predicted octanol–water partition coefficient (Wildman–Crippen LogP) is 4.77. The summed E-state index contributed by atoms with van der Waals surface area (Å²) in [5, 5.41) is 11.9. The first-order valence-electron chi connectivity index (χ1n) is 7.40. The van der Waals surface area contributed by atoms with E-state index >= 15 is 0 Å². The van der Waals surface area contributed by atoms with E-state index in [-0.39, 0.29) is 11.7 Å². The molecule has 7 heteroatoms. The number of nitriles is 1. The van der Waals surface area contributed by atoms with Gasteiger partial charge in [-0.05, 0) is 37.3 Å². The zero-order chi connectivity index (χ0) is 18.6. The first-order chi connectivity index (χ1) is 11.8. The predicted molar refractivity (Wildman–Crippen MR) is 87.7 cm³/mol. The number of rotatable bonds is 5. The van der Waals surface area contributed by atoms with Gasteiger partial charge in [-0.15, -0.1) is 0 Å². The average molecular weight is 350 g/mol. The van der Waals surface area contributed by atoms with Crippen LogP contribution in [0.4, 0.5) is 18.9 Å². The molecular weight excluding hydrogens is 333 g/mol. The fraction of sp³-hybridized carbons (Fsp3) is 0.278. The molecule has 1 N–H and O–H groups in total. The highest BCUT2D eigenvalue weighted by atomic mass is 19.4. The number of alkyl halides is 3. The summed E-state index contributed by atoms with van der Waals surface area (Å²) in [6.07, 6.45) is -4.59. The summed E-state index contributed by atoms with van der Waals surface area (Å²) in [6.45, 7) is 1.80. The summed E-state index contributed by atoms with van der Waals surface area (Å²) in [7, 11) is 3.04. The molecule has 0 fully saturated rings. The van der Waals surface area contributed by atoms with Crippen molar-refractivity contribution in [2.24, 2.45) is 0 Å². The molecule has 0 saturated heterocycles. The molecule has 0 aliphatic carbocycles. The van der Waals surface area contributed by atoms with Gasteiger partial charge >= 0.3 is 6.18 Å². The molecule has 0 aliphatic rings. The van der Waals surface area contributed by atoms with Crippen LogP contribution in [0.1, 0.15) is 29.7 Å². The van der Waals surface area contributed by atoms with Crippen LogP contribution in [-0.2, 0) is 6.18 Å². The van der Waals surface area contributed by atoms with Crippen LogP contribution in [0.15, 0.2) is 36.4 Å². The van der Waals surface area contributed by atoms with Gasteiger partial charge in [0, 0.05) is 17.3 Å². The standard InChI is InChI=1S/C18H17F3N2O2/c1-11(15-7-6-14(24-2)9-17(15)25-3)23-13-5-4-12(10-22)16(8-13)18(19,20)21/h4-9,11,23H,1-3H3. The fourth-order valence-electron chi connectivity index (χ4n) is 2.47. The van der Waals surface area contributed by atoms with Crippen LogP contribution in [0.5, 0.6) is 11.5 Å². The van der Waals surface area contributed by atoms with Gasteiger partial charge in [0.15, 0.2) is 0 Å². The fourth-order valence-corrected chi connectivity index (χ4v) is 2.47. The van der Waals surface area contributed by atoms with Crippen LogP contribution >= 0.6 is 0 Å². The van der Waals surface area contributed by atoms with Crippen LogP contribution in [-0.4, -0.2) is 14.2 Å². The number of methoxy groups -OCH3 is 2. The molecule has 0 heterocycles. The maximum Gasteiger partial charge on any atom is 0.417 e. The molecule has 1 unspecified atom stereocenters. The number of hydrogen-bond acceptors (Lipinski definition) is 4. The summed E-state index contributed by atoms with van der Waals surface area (Å²) >= 11 is 0. The molecule has 0 radical (unpaired) electrons. The van der Waals surface area contributed by atoms with E-state index in [1.807, 2.05) is 0 Å². The second-order valence-electron chi connectivity index (χ2n) is 5.34. The molecule has 2 aromatic carbocycles. The van der Waals surface area contributed by atoms with Crippen LogP contribution in [0.25, 0.3) is 0 Å². The number of nitrogens with zero attached hydrogens (tertiary/aromatic N) is 1.